The van der Waals surface area contributed by atoms with E-state index in [1.54, 1.807) is 0 Å². The molecule has 6 nitrogen and oxygen atoms in total. The zero-order valence-electron chi connectivity index (χ0n) is 16.5. The summed E-state index contributed by atoms with van der Waals surface area (Å²) in [5.41, 5.74) is 4.54. The molecule has 3 aromatic rings. The maximum atomic E-state index is 12.8. The van der Waals surface area contributed by atoms with Gasteiger partial charge in [-0.3, -0.25) is 4.68 Å². The standard InChI is InChI=1S/C22H26N4O2/c1-16-15-17(2)26(24-16)13-14-28-22(27)20-19-11-7-4-8-12-25(19)21(23-20)18-9-5-3-6-10-18/h3,5-6,9-10,15H,4,7-8,11-14H2,1-2H3. The average Bonchev–Trinajstić information content (AvgIpc) is 3.11. The van der Waals surface area contributed by atoms with Gasteiger partial charge >= 0.3 is 5.97 Å². The summed E-state index contributed by atoms with van der Waals surface area (Å²) in [5.74, 6) is 0.525. The number of aromatic nitrogens is 4. The van der Waals surface area contributed by atoms with Crippen molar-refractivity contribution in [1.29, 1.82) is 0 Å². The zero-order valence-corrected chi connectivity index (χ0v) is 16.5. The lowest BCUT2D eigenvalue weighted by Gasteiger charge is -2.09. The Kier molecular flexibility index (Phi) is 5.28. The first-order valence-electron chi connectivity index (χ1n) is 9.96. The number of aryl methyl sites for hydroxylation is 2. The van der Waals surface area contributed by atoms with Gasteiger partial charge in [-0.1, -0.05) is 36.8 Å². The molecule has 4 rings (SSSR count). The quantitative estimate of drug-likeness (QED) is 0.631. The van der Waals surface area contributed by atoms with Gasteiger partial charge in [-0.2, -0.15) is 5.10 Å². The summed E-state index contributed by atoms with van der Waals surface area (Å²) in [6.07, 6.45) is 4.21. The molecule has 0 N–H and O–H groups in total. The molecular weight excluding hydrogens is 352 g/mol. The number of hydrogen-bond donors (Lipinski definition) is 0. The maximum absolute atomic E-state index is 12.8. The largest absolute Gasteiger partial charge is 0.459 e. The normalized spacial score (nSPS) is 13.8. The van der Waals surface area contributed by atoms with Gasteiger partial charge in [0.2, 0.25) is 0 Å². The highest BCUT2D eigenvalue weighted by molar-refractivity contribution is 5.89. The average molecular weight is 378 g/mol. The minimum Gasteiger partial charge on any atom is -0.459 e. The third-order valence-electron chi connectivity index (χ3n) is 5.23. The highest BCUT2D eigenvalue weighted by Gasteiger charge is 2.25. The number of hydrogen-bond acceptors (Lipinski definition) is 4. The topological polar surface area (TPSA) is 61.9 Å². The number of rotatable bonds is 5. The van der Waals surface area contributed by atoms with Gasteiger partial charge in [0.05, 0.1) is 17.9 Å². The number of ether oxygens (including phenoxy) is 1. The van der Waals surface area contributed by atoms with E-state index in [-0.39, 0.29) is 12.6 Å². The Morgan fingerprint density at radius 2 is 1.96 bits per heavy atom. The van der Waals surface area contributed by atoms with E-state index >= 15 is 0 Å². The van der Waals surface area contributed by atoms with Crippen LogP contribution in [0.3, 0.4) is 0 Å². The Morgan fingerprint density at radius 3 is 2.71 bits per heavy atom. The molecule has 1 aromatic carbocycles. The Bertz CT molecular complexity index is 972. The van der Waals surface area contributed by atoms with Crippen LogP contribution in [0.2, 0.25) is 0 Å². The molecule has 28 heavy (non-hydrogen) atoms. The second-order valence-electron chi connectivity index (χ2n) is 7.35. The van der Waals surface area contributed by atoms with Crippen LogP contribution in [0.5, 0.6) is 0 Å². The van der Waals surface area contributed by atoms with Gasteiger partial charge < -0.3 is 9.30 Å². The van der Waals surface area contributed by atoms with Crippen LogP contribution in [0.1, 0.15) is 46.8 Å². The van der Waals surface area contributed by atoms with Gasteiger partial charge in [0.15, 0.2) is 5.69 Å². The molecule has 146 valence electrons. The Balaban J connectivity index is 1.55. The fourth-order valence-corrected chi connectivity index (χ4v) is 3.89. The van der Waals surface area contributed by atoms with Crippen LogP contribution in [0.4, 0.5) is 0 Å². The van der Waals surface area contributed by atoms with Crippen molar-refractivity contribution >= 4 is 5.97 Å². The lowest BCUT2D eigenvalue weighted by Crippen LogP contribution is -2.15. The molecule has 0 unspecified atom stereocenters. The molecule has 0 bridgehead atoms. The second-order valence-corrected chi connectivity index (χ2v) is 7.35. The molecule has 1 aliphatic heterocycles. The number of fused-ring (bicyclic) bond motifs is 1. The fourth-order valence-electron chi connectivity index (χ4n) is 3.89. The predicted molar refractivity (Wildman–Crippen MR) is 107 cm³/mol. The fraction of sp³-hybridized carbons (Fsp3) is 0.409. The molecule has 0 radical (unpaired) electrons. The Labute approximate surface area is 165 Å². The number of benzene rings is 1. The minimum atomic E-state index is -0.339. The summed E-state index contributed by atoms with van der Waals surface area (Å²) in [6, 6.07) is 12.1. The van der Waals surface area contributed by atoms with E-state index < -0.39 is 0 Å². The summed E-state index contributed by atoms with van der Waals surface area (Å²) < 4.78 is 9.65. The first-order chi connectivity index (χ1) is 13.6. The SMILES string of the molecule is Cc1cc(C)n(CCOC(=O)c2nc(-c3ccccc3)n3c2CCCCC3)n1. The van der Waals surface area contributed by atoms with Gasteiger partial charge in [0.1, 0.15) is 12.4 Å². The zero-order chi connectivity index (χ0) is 19.5. The summed E-state index contributed by atoms with van der Waals surface area (Å²) in [6.45, 7) is 5.69. The van der Waals surface area contributed by atoms with Crippen molar-refractivity contribution in [2.45, 2.75) is 52.6 Å². The van der Waals surface area contributed by atoms with Crippen molar-refractivity contribution in [3.63, 3.8) is 0 Å². The smallest absolute Gasteiger partial charge is 0.358 e. The number of esters is 1. The van der Waals surface area contributed by atoms with E-state index in [9.17, 15) is 4.79 Å². The second kappa shape index (κ2) is 8.00. The van der Waals surface area contributed by atoms with E-state index in [1.807, 2.05) is 54.9 Å². The number of nitrogens with zero attached hydrogens (tertiary/aromatic N) is 4. The molecular formula is C22H26N4O2. The van der Waals surface area contributed by atoms with Crippen LogP contribution in [0.25, 0.3) is 11.4 Å². The summed E-state index contributed by atoms with van der Waals surface area (Å²) in [7, 11) is 0. The third kappa shape index (κ3) is 3.72. The molecule has 3 heterocycles. The van der Waals surface area contributed by atoms with E-state index in [0.717, 1.165) is 54.3 Å². The van der Waals surface area contributed by atoms with Crippen LogP contribution < -0.4 is 0 Å². The molecule has 1 aliphatic rings. The molecule has 0 amide bonds. The molecule has 0 aliphatic carbocycles. The van der Waals surface area contributed by atoms with Crippen LogP contribution >= 0.6 is 0 Å². The van der Waals surface area contributed by atoms with Crippen molar-refractivity contribution in [3.8, 4) is 11.4 Å². The minimum absolute atomic E-state index is 0.285. The van der Waals surface area contributed by atoms with E-state index in [0.29, 0.717) is 12.2 Å². The van der Waals surface area contributed by atoms with Crippen molar-refractivity contribution < 1.29 is 9.53 Å². The predicted octanol–water partition coefficient (Wildman–Crippen LogP) is 3.95. The van der Waals surface area contributed by atoms with Gasteiger partial charge in [0.25, 0.3) is 0 Å². The molecule has 0 atom stereocenters. The van der Waals surface area contributed by atoms with Gasteiger partial charge in [-0.05, 0) is 39.2 Å². The first kappa shape index (κ1) is 18.5. The highest BCUT2D eigenvalue weighted by atomic mass is 16.5. The number of carbonyl (C=O) groups excluding carboxylic acids is 1. The summed E-state index contributed by atoms with van der Waals surface area (Å²) >= 11 is 0. The summed E-state index contributed by atoms with van der Waals surface area (Å²) in [5, 5.41) is 4.41. The number of imidazole rings is 1. The lowest BCUT2D eigenvalue weighted by molar-refractivity contribution is 0.0479. The molecule has 0 spiro atoms. The van der Waals surface area contributed by atoms with Gasteiger partial charge in [-0.15, -0.1) is 0 Å². The van der Waals surface area contributed by atoms with Gasteiger partial charge in [0, 0.05) is 17.8 Å². The molecule has 0 saturated heterocycles. The van der Waals surface area contributed by atoms with Crippen molar-refractivity contribution in [3.05, 3.63) is 59.2 Å². The summed E-state index contributed by atoms with van der Waals surface area (Å²) in [4.78, 5) is 17.5. The molecule has 0 saturated carbocycles. The van der Waals surface area contributed by atoms with Crippen LogP contribution in [0, 0.1) is 13.8 Å². The highest BCUT2D eigenvalue weighted by Crippen LogP contribution is 2.27. The van der Waals surface area contributed by atoms with Crippen molar-refractivity contribution in [2.75, 3.05) is 6.61 Å². The Morgan fingerprint density at radius 1 is 1.14 bits per heavy atom. The molecule has 6 heteroatoms. The van der Waals surface area contributed by atoms with Crippen LogP contribution in [-0.4, -0.2) is 31.9 Å². The third-order valence-corrected chi connectivity index (χ3v) is 5.23. The number of carbonyl (C=O) groups is 1. The Hall–Kier alpha value is -2.89. The van der Waals surface area contributed by atoms with Crippen LogP contribution in [-0.2, 0) is 24.2 Å². The van der Waals surface area contributed by atoms with Gasteiger partial charge in [-0.25, -0.2) is 9.78 Å². The van der Waals surface area contributed by atoms with Crippen molar-refractivity contribution in [2.24, 2.45) is 0 Å². The monoisotopic (exact) mass is 378 g/mol. The maximum Gasteiger partial charge on any atom is 0.358 e. The van der Waals surface area contributed by atoms with E-state index in [1.165, 1.54) is 6.42 Å². The van der Waals surface area contributed by atoms with Crippen molar-refractivity contribution in [1.82, 2.24) is 19.3 Å². The lowest BCUT2D eigenvalue weighted by atomic mass is 10.1. The first-order valence-corrected chi connectivity index (χ1v) is 9.96. The van der Waals surface area contributed by atoms with Crippen LogP contribution in [0.15, 0.2) is 36.4 Å². The van der Waals surface area contributed by atoms with E-state index in [4.69, 9.17) is 9.72 Å². The molecule has 2 aromatic heterocycles. The molecule has 0 fully saturated rings. The van der Waals surface area contributed by atoms with E-state index in [2.05, 4.69) is 9.67 Å².